The van der Waals surface area contributed by atoms with E-state index < -0.39 is 10.8 Å². The van der Waals surface area contributed by atoms with Gasteiger partial charge in [-0.3, -0.25) is 0 Å². The SMILES string of the molecule is CC(C)C12c3ccccc3C(C(C)C)(c3cc(C#N)c(C#N)cc31)c1cc(C#N)c(C#N)cc12. The van der Waals surface area contributed by atoms with Crippen LogP contribution in [0.25, 0.3) is 0 Å². The van der Waals surface area contributed by atoms with Crippen molar-refractivity contribution in [2.24, 2.45) is 11.8 Å². The van der Waals surface area contributed by atoms with Crippen LogP contribution in [0.1, 0.15) is 83.3 Å². The lowest BCUT2D eigenvalue weighted by Gasteiger charge is -2.60. The standard InChI is InChI=1S/C30H22N4/c1-17(2)29-23-7-5-6-8-24(23)30(18(3)4,27-11-21(15-33)19(13-31)9-25(27)29)28-12-22(16-34)20(14-32)10-26(28)29/h5-12,17-18H,1-4H3. The molecule has 3 aliphatic carbocycles. The van der Waals surface area contributed by atoms with Crippen molar-refractivity contribution >= 4 is 0 Å². The lowest BCUT2D eigenvalue weighted by Crippen LogP contribution is -2.55. The van der Waals surface area contributed by atoms with E-state index in [9.17, 15) is 21.0 Å². The number of hydrogen-bond acceptors (Lipinski definition) is 4. The smallest absolute Gasteiger partial charge is 0.101 e. The maximum atomic E-state index is 9.88. The quantitative estimate of drug-likeness (QED) is 0.506. The van der Waals surface area contributed by atoms with Crippen molar-refractivity contribution in [3.05, 3.63) is 104 Å². The Balaban J connectivity index is 2.13. The maximum absolute atomic E-state index is 9.88. The molecule has 162 valence electrons. The first kappa shape index (κ1) is 21.5. The van der Waals surface area contributed by atoms with Gasteiger partial charge >= 0.3 is 0 Å². The highest BCUT2D eigenvalue weighted by Crippen LogP contribution is 2.66. The van der Waals surface area contributed by atoms with Crippen molar-refractivity contribution < 1.29 is 0 Å². The predicted molar refractivity (Wildman–Crippen MR) is 128 cm³/mol. The molecule has 0 saturated carbocycles. The number of rotatable bonds is 2. The molecule has 0 unspecified atom stereocenters. The summed E-state index contributed by atoms with van der Waals surface area (Å²) < 4.78 is 0. The zero-order valence-corrected chi connectivity index (χ0v) is 19.6. The van der Waals surface area contributed by atoms with E-state index in [2.05, 4.69) is 64.1 Å². The first-order valence-corrected chi connectivity index (χ1v) is 11.4. The van der Waals surface area contributed by atoms with Crippen LogP contribution in [0.2, 0.25) is 0 Å². The zero-order valence-electron chi connectivity index (χ0n) is 19.6. The molecule has 0 saturated heterocycles. The van der Waals surface area contributed by atoms with Crippen molar-refractivity contribution in [2.75, 3.05) is 0 Å². The fraction of sp³-hybridized carbons (Fsp3) is 0.267. The minimum atomic E-state index is -0.614. The molecule has 0 fully saturated rings. The minimum Gasteiger partial charge on any atom is -0.192 e. The highest BCUT2D eigenvalue weighted by Gasteiger charge is 2.61. The summed E-state index contributed by atoms with van der Waals surface area (Å²) in [6.07, 6.45) is 0. The summed E-state index contributed by atoms with van der Waals surface area (Å²) in [7, 11) is 0. The van der Waals surface area contributed by atoms with Gasteiger partial charge in [0.05, 0.1) is 22.3 Å². The van der Waals surface area contributed by atoms with Gasteiger partial charge in [0.2, 0.25) is 0 Å². The molecule has 3 aliphatic rings. The Morgan fingerprint density at radius 2 is 0.765 bits per heavy atom. The van der Waals surface area contributed by atoms with Crippen LogP contribution in [0.4, 0.5) is 0 Å². The molecule has 0 N–H and O–H groups in total. The molecule has 4 heteroatoms. The van der Waals surface area contributed by atoms with E-state index in [4.69, 9.17) is 0 Å². The molecule has 0 aromatic heterocycles. The molecule has 0 heterocycles. The lowest BCUT2D eigenvalue weighted by atomic mass is 9.42. The summed E-state index contributed by atoms with van der Waals surface area (Å²) in [6.45, 7) is 8.64. The van der Waals surface area contributed by atoms with Crippen LogP contribution in [-0.2, 0) is 10.8 Å². The molecule has 0 aliphatic heterocycles. The predicted octanol–water partition coefficient (Wildman–Crippen LogP) is 5.78. The summed E-state index contributed by atoms with van der Waals surface area (Å²) in [5, 5.41) is 39.5. The molecular formula is C30H22N4. The van der Waals surface area contributed by atoms with E-state index in [1.807, 2.05) is 36.4 Å². The van der Waals surface area contributed by atoms with E-state index in [1.54, 1.807) is 0 Å². The second-order valence-corrected chi connectivity index (χ2v) is 9.80. The second-order valence-electron chi connectivity index (χ2n) is 9.80. The van der Waals surface area contributed by atoms with Crippen molar-refractivity contribution in [1.82, 2.24) is 0 Å². The molecule has 0 atom stereocenters. The van der Waals surface area contributed by atoms with Gasteiger partial charge in [-0.1, -0.05) is 52.0 Å². The summed E-state index contributed by atoms with van der Waals surface area (Å²) in [4.78, 5) is 0. The Hall–Kier alpha value is -4.38. The molecule has 6 rings (SSSR count). The van der Waals surface area contributed by atoms with Crippen LogP contribution in [0.3, 0.4) is 0 Å². The molecule has 0 amide bonds. The Kier molecular flexibility index (Phi) is 4.46. The number of benzene rings is 3. The van der Waals surface area contributed by atoms with Gasteiger partial charge in [0.25, 0.3) is 0 Å². The van der Waals surface area contributed by atoms with E-state index in [-0.39, 0.29) is 11.8 Å². The molecule has 4 nitrogen and oxygen atoms in total. The average Bonchev–Trinajstić information content (AvgIpc) is 2.85. The second kappa shape index (κ2) is 7.06. The van der Waals surface area contributed by atoms with Gasteiger partial charge in [-0.15, -0.1) is 0 Å². The van der Waals surface area contributed by atoms with Crippen molar-refractivity contribution in [2.45, 2.75) is 38.5 Å². The Morgan fingerprint density at radius 1 is 0.500 bits per heavy atom. The van der Waals surface area contributed by atoms with E-state index in [0.717, 1.165) is 22.3 Å². The third-order valence-corrected chi connectivity index (χ3v) is 8.01. The minimum absolute atomic E-state index is 0.0792. The van der Waals surface area contributed by atoms with Crippen LogP contribution in [-0.4, -0.2) is 0 Å². The Morgan fingerprint density at radius 3 is 0.971 bits per heavy atom. The third-order valence-electron chi connectivity index (χ3n) is 8.01. The molecule has 0 radical (unpaired) electrons. The number of hydrogen-bond donors (Lipinski definition) is 0. The molecule has 3 aromatic rings. The normalized spacial score (nSPS) is 21.0. The van der Waals surface area contributed by atoms with Crippen LogP contribution in [0, 0.1) is 57.2 Å². The summed E-state index contributed by atoms with van der Waals surface area (Å²) >= 11 is 0. The summed E-state index contributed by atoms with van der Waals surface area (Å²) in [5.74, 6) is 0.158. The van der Waals surface area contributed by atoms with Crippen LogP contribution >= 0.6 is 0 Å². The highest BCUT2D eigenvalue weighted by molar-refractivity contribution is 5.79. The number of nitrogens with zero attached hydrogens (tertiary/aromatic N) is 4. The first-order valence-electron chi connectivity index (χ1n) is 11.4. The Bertz CT molecular complexity index is 1360. The fourth-order valence-electron chi connectivity index (χ4n) is 6.78. The van der Waals surface area contributed by atoms with Gasteiger partial charge in [-0.2, -0.15) is 21.0 Å². The van der Waals surface area contributed by atoms with Gasteiger partial charge in [-0.25, -0.2) is 0 Å². The van der Waals surface area contributed by atoms with E-state index in [1.165, 1.54) is 11.1 Å². The van der Waals surface area contributed by atoms with Crippen molar-refractivity contribution in [3.63, 3.8) is 0 Å². The highest BCUT2D eigenvalue weighted by atomic mass is 14.6. The topological polar surface area (TPSA) is 95.2 Å². The van der Waals surface area contributed by atoms with Crippen molar-refractivity contribution in [3.8, 4) is 24.3 Å². The first-order chi connectivity index (χ1) is 16.3. The summed E-state index contributed by atoms with van der Waals surface area (Å²) in [6, 6.07) is 24.9. The molecule has 0 spiro atoms. The van der Waals surface area contributed by atoms with Gasteiger partial charge in [0.15, 0.2) is 0 Å². The van der Waals surface area contributed by atoms with Crippen molar-refractivity contribution in [1.29, 1.82) is 21.0 Å². The van der Waals surface area contributed by atoms with Gasteiger partial charge in [0, 0.05) is 10.8 Å². The number of nitriles is 4. The average molecular weight is 439 g/mol. The van der Waals surface area contributed by atoms with Crippen LogP contribution < -0.4 is 0 Å². The fourth-order valence-corrected chi connectivity index (χ4v) is 6.78. The van der Waals surface area contributed by atoms with Gasteiger partial charge in [0.1, 0.15) is 24.3 Å². The van der Waals surface area contributed by atoms with E-state index >= 15 is 0 Å². The van der Waals surface area contributed by atoms with Crippen LogP contribution in [0.5, 0.6) is 0 Å². The monoisotopic (exact) mass is 438 g/mol. The van der Waals surface area contributed by atoms with Gasteiger partial charge in [-0.05, 0) is 69.5 Å². The maximum Gasteiger partial charge on any atom is 0.101 e. The zero-order chi connectivity index (χ0) is 24.4. The lowest BCUT2D eigenvalue weighted by molar-refractivity contribution is 0.325. The molecule has 34 heavy (non-hydrogen) atoms. The largest absolute Gasteiger partial charge is 0.192 e. The molecular weight excluding hydrogens is 416 g/mol. The third kappa shape index (κ3) is 2.19. The van der Waals surface area contributed by atoms with Gasteiger partial charge < -0.3 is 0 Å². The molecule has 2 bridgehead atoms. The summed E-state index contributed by atoms with van der Waals surface area (Å²) in [5.41, 5.74) is 6.63. The Labute approximate surface area is 199 Å². The molecule has 3 aromatic carbocycles. The van der Waals surface area contributed by atoms with Crippen LogP contribution in [0.15, 0.2) is 48.5 Å². The van der Waals surface area contributed by atoms with E-state index in [0.29, 0.717) is 22.3 Å².